The fraction of sp³-hybridized carbons (Fsp3) is 0.611. The molecule has 0 saturated heterocycles. The van der Waals surface area contributed by atoms with Crippen molar-refractivity contribution in [2.75, 3.05) is 7.11 Å². The second-order valence-electron chi connectivity index (χ2n) is 7.34. The van der Waals surface area contributed by atoms with E-state index in [0.717, 1.165) is 12.8 Å². The SMILES string of the molecule is COc1ccc(C(=O)[C@]23C[C@H](C)CC[C@H]2C3(C)C)c(O)c1. The minimum Gasteiger partial charge on any atom is -0.507 e. The van der Waals surface area contributed by atoms with E-state index in [9.17, 15) is 9.90 Å². The summed E-state index contributed by atoms with van der Waals surface area (Å²) in [7, 11) is 1.55. The third-order valence-corrected chi connectivity index (χ3v) is 6.01. The number of ether oxygens (including phenoxy) is 1. The van der Waals surface area contributed by atoms with Gasteiger partial charge in [-0.15, -0.1) is 0 Å². The number of benzene rings is 1. The Balaban J connectivity index is 1.98. The molecule has 2 fully saturated rings. The first-order chi connectivity index (χ1) is 9.84. The Morgan fingerprint density at radius 1 is 1.33 bits per heavy atom. The molecule has 1 aromatic carbocycles. The number of carbonyl (C=O) groups is 1. The van der Waals surface area contributed by atoms with Gasteiger partial charge in [-0.05, 0) is 42.2 Å². The van der Waals surface area contributed by atoms with Crippen LogP contribution in [-0.4, -0.2) is 18.0 Å². The van der Waals surface area contributed by atoms with Crippen LogP contribution in [-0.2, 0) is 0 Å². The zero-order valence-corrected chi connectivity index (χ0v) is 13.3. The summed E-state index contributed by atoms with van der Waals surface area (Å²) >= 11 is 0. The molecule has 2 saturated carbocycles. The number of methoxy groups -OCH3 is 1. The first-order valence-corrected chi connectivity index (χ1v) is 7.76. The molecule has 0 heterocycles. The maximum absolute atomic E-state index is 13.1. The summed E-state index contributed by atoms with van der Waals surface area (Å²) < 4.78 is 5.10. The molecule has 21 heavy (non-hydrogen) atoms. The van der Waals surface area contributed by atoms with Crippen LogP contribution >= 0.6 is 0 Å². The zero-order chi connectivity index (χ0) is 15.4. The van der Waals surface area contributed by atoms with Gasteiger partial charge < -0.3 is 9.84 Å². The van der Waals surface area contributed by atoms with Crippen LogP contribution in [0.15, 0.2) is 18.2 Å². The number of Topliss-reactive ketones (excluding diaryl/α,β-unsaturated/α-hetero) is 1. The Hall–Kier alpha value is -1.51. The fourth-order valence-corrected chi connectivity index (χ4v) is 4.70. The Labute approximate surface area is 126 Å². The van der Waals surface area contributed by atoms with Crippen LogP contribution in [0.1, 0.15) is 50.4 Å². The van der Waals surface area contributed by atoms with Gasteiger partial charge >= 0.3 is 0 Å². The van der Waals surface area contributed by atoms with Gasteiger partial charge in [0.25, 0.3) is 0 Å². The lowest BCUT2D eigenvalue weighted by atomic mass is 9.76. The lowest BCUT2D eigenvalue weighted by Gasteiger charge is -2.27. The van der Waals surface area contributed by atoms with Crippen molar-refractivity contribution in [3.05, 3.63) is 23.8 Å². The van der Waals surface area contributed by atoms with E-state index in [1.165, 1.54) is 12.5 Å². The average molecular weight is 288 g/mol. The summed E-state index contributed by atoms with van der Waals surface area (Å²) in [6, 6.07) is 4.98. The van der Waals surface area contributed by atoms with Gasteiger partial charge in [0.15, 0.2) is 5.78 Å². The maximum atomic E-state index is 13.1. The topological polar surface area (TPSA) is 46.5 Å². The van der Waals surface area contributed by atoms with E-state index in [0.29, 0.717) is 23.1 Å². The van der Waals surface area contributed by atoms with E-state index in [1.54, 1.807) is 19.2 Å². The lowest BCUT2D eigenvalue weighted by Crippen LogP contribution is -2.27. The van der Waals surface area contributed by atoms with E-state index in [4.69, 9.17) is 4.74 Å². The summed E-state index contributed by atoms with van der Waals surface area (Å²) in [5, 5.41) is 10.2. The van der Waals surface area contributed by atoms with Gasteiger partial charge in [0.05, 0.1) is 12.7 Å². The molecule has 0 aliphatic heterocycles. The van der Waals surface area contributed by atoms with Crippen LogP contribution < -0.4 is 4.74 Å². The number of hydrogen-bond acceptors (Lipinski definition) is 3. The van der Waals surface area contributed by atoms with Gasteiger partial charge in [0.2, 0.25) is 0 Å². The van der Waals surface area contributed by atoms with Crippen molar-refractivity contribution in [2.24, 2.45) is 22.7 Å². The van der Waals surface area contributed by atoms with Crippen molar-refractivity contribution < 1.29 is 14.6 Å². The van der Waals surface area contributed by atoms with Gasteiger partial charge in [-0.2, -0.15) is 0 Å². The first kappa shape index (κ1) is 14.4. The predicted octanol–water partition coefficient (Wildman–Crippen LogP) is 4.05. The predicted molar refractivity (Wildman–Crippen MR) is 81.7 cm³/mol. The van der Waals surface area contributed by atoms with E-state index >= 15 is 0 Å². The van der Waals surface area contributed by atoms with Crippen LogP contribution in [0.25, 0.3) is 0 Å². The maximum Gasteiger partial charge on any atom is 0.173 e. The first-order valence-electron chi connectivity index (χ1n) is 7.76. The summed E-state index contributed by atoms with van der Waals surface area (Å²) in [6.07, 6.45) is 3.27. The highest BCUT2D eigenvalue weighted by molar-refractivity contribution is 6.05. The smallest absolute Gasteiger partial charge is 0.173 e. The zero-order valence-electron chi connectivity index (χ0n) is 13.3. The second kappa shape index (κ2) is 4.49. The number of fused-ring (bicyclic) bond motifs is 1. The number of carbonyl (C=O) groups excluding carboxylic acids is 1. The van der Waals surface area contributed by atoms with E-state index in [1.807, 2.05) is 0 Å². The molecular formula is C18H24O3. The molecule has 1 aromatic rings. The van der Waals surface area contributed by atoms with Gasteiger partial charge in [0.1, 0.15) is 11.5 Å². The molecule has 0 spiro atoms. The summed E-state index contributed by atoms with van der Waals surface area (Å²) in [5.74, 6) is 1.75. The van der Waals surface area contributed by atoms with Gasteiger partial charge in [-0.25, -0.2) is 0 Å². The molecule has 0 bridgehead atoms. The molecule has 3 atom stereocenters. The number of aromatic hydroxyl groups is 1. The Bertz CT molecular complexity index is 590. The van der Waals surface area contributed by atoms with Crippen molar-refractivity contribution in [3.8, 4) is 11.5 Å². The fourth-order valence-electron chi connectivity index (χ4n) is 4.70. The monoisotopic (exact) mass is 288 g/mol. The minimum atomic E-state index is -0.281. The van der Waals surface area contributed by atoms with Gasteiger partial charge in [-0.3, -0.25) is 4.79 Å². The molecule has 3 rings (SSSR count). The van der Waals surface area contributed by atoms with Crippen LogP contribution in [0.4, 0.5) is 0 Å². The summed E-state index contributed by atoms with van der Waals surface area (Å²) in [6.45, 7) is 6.63. The van der Waals surface area contributed by atoms with Crippen molar-refractivity contribution in [1.29, 1.82) is 0 Å². The van der Waals surface area contributed by atoms with Crippen molar-refractivity contribution in [3.63, 3.8) is 0 Å². The number of rotatable bonds is 3. The lowest BCUT2D eigenvalue weighted by molar-refractivity contribution is 0.0807. The molecule has 114 valence electrons. The van der Waals surface area contributed by atoms with E-state index < -0.39 is 0 Å². The number of hydrogen-bond donors (Lipinski definition) is 1. The molecule has 3 heteroatoms. The number of ketones is 1. The highest BCUT2D eigenvalue weighted by Gasteiger charge is 2.75. The minimum absolute atomic E-state index is 0.0356. The molecule has 2 aliphatic rings. The quantitative estimate of drug-likeness (QED) is 0.854. The van der Waals surface area contributed by atoms with Crippen LogP contribution in [0.3, 0.4) is 0 Å². The van der Waals surface area contributed by atoms with Crippen LogP contribution in [0, 0.1) is 22.7 Å². The molecular weight excluding hydrogens is 264 g/mol. The third kappa shape index (κ3) is 1.82. The highest BCUT2D eigenvalue weighted by Crippen LogP contribution is 2.76. The van der Waals surface area contributed by atoms with Crippen molar-refractivity contribution in [2.45, 2.75) is 40.0 Å². The second-order valence-corrected chi connectivity index (χ2v) is 7.34. The molecule has 0 amide bonds. The average Bonchev–Trinajstić information content (AvgIpc) is 2.94. The Morgan fingerprint density at radius 2 is 2.05 bits per heavy atom. The third-order valence-electron chi connectivity index (χ3n) is 6.01. The summed E-state index contributed by atoms with van der Waals surface area (Å²) in [5.41, 5.74) is 0.207. The van der Waals surface area contributed by atoms with Crippen LogP contribution in [0.5, 0.6) is 11.5 Å². The molecule has 0 aromatic heterocycles. The molecule has 0 unspecified atom stereocenters. The number of phenols is 1. The van der Waals surface area contributed by atoms with Crippen LogP contribution in [0.2, 0.25) is 0 Å². The van der Waals surface area contributed by atoms with Crippen molar-refractivity contribution in [1.82, 2.24) is 0 Å². The summed E-state index contributed by atoms with van der Waals surface area (Å²) in [4.78, 5) is 13.1. The Morgan fingerprint density at radius 3 is 2.67 bits per heavy atom. The largest absolute Gasteiger partial charge is 0.507 e. The molecule has 0 radical (unpaired) electrons. The molecule has 2 aliphatic carbocycles. The standard InChI is InChI=1S/C18H24O3/c1-11-5-8-15-17(2,3)18(15,10-11)16(20)13-7-6-12(21-4)9-14(13)19/h6-7,9,11,15,19H,5,8,10H2,1-4H3/t11-,15+,18+/m1/s1. The van der Waals surface area contributed by atoms with E-state index in [2.05, 4.69) is 20.8 Å². The molecule has 3 nitrogen and oxygen atoms in total. The molecule has 1 N–H and O–H groups in total. The van der Waals surface area contributed by atoms with Gasteiger partial charge in [0, 0.05) is 11.5 Å². The highest BCUT2D eigenvalue weighted by atomic mass is 16.5. The number of phenolic OH excluding ortho intramolecular Hbond substituents is 1. The van der Waals surface area contributed by atoms with E-state index in [-0.39, 0.29) is 22.4 Å². The normalized spacial score (nSPS) is 33.1. The van der Waals surface area contributed by atoms with Gasteiger partial charge in [-0.1, -0.05) is 27.2 Å². The Kier molecular flexibility index (Phi) is 3.09. The van der Waals surface area contributed by atoms with Crippen molar-refractivity contribution >= 4 is 5.78 Å².